The average molecular weight is 279 g/mol. The van der Waals surface area contributed by atoms with Crippen LogP contribution in [0, 0.1) is 0 Å². The summed E-state index contributed by atoms with van der Waals surface area (Å²) in [4.78, 5) is 11.4. The highest BCUT2D eigenvalue weighted by Gasteiger charge is 2.12. The highest BCUT2D eigenvalue weighted by atomic mass is 79.9. The van der Waals surface area contributed by atoms with Gasteiger partial charge in [0.1, 0.15) is 6.10 Å². The van der Waals surface area contributed by atoms with Crippen LogP contribution in [0.25, 0.3) is 0 Å². The van der Waals surface area contributed by atoms with Crippen molar-refractivity contribution in [3.63, 3.8) is 0 Å². The number of hydrogen-bond acceptors (Lipinski definition) is 2. The van der Waals surface area contributed by atoms with Crippen molar-refractivity contribution in [2.24, 2.45) is 0 Å². The Hall–Kier alpha value is -0.0500. The molecule has 0 bridgehead atoms. The molecular weight excluding hydrogens is 256 g/mol. The van der Waals surface area contributed by atoms with E-state index in [-0.39, 0.29) is 12.1 Å². The first-order valence-electron chi connectivity index (χ1n) is 6.00. The van der Waals surface area contributed by atoms with Crippen LogP contribution in [0.5, 0.6) is 0 Å². The summed E-state index contributed by atoms with van der Waals surface area (Å²) in [5.41, 5.74) is 0. The Bertz CT molecular complexity index is 160. The fraction of sp³-hybridized carbons (Fsp3) is 0.917. The highest BCUT2D eigenvalue weighted by molar-refractivity contribution is 9.09. The molecule has 3 heteroatoms. The van der Waals surface area contributed by atoms with Crippen molar-refractivity contribution in [1.82, 2.24) is 0 Å². The van der Waals surface area contributed by atoms with Crippen LogP contribution >= 0.6 is 15.9 Å². The maximum Gasteiger partial charge on any atom is 0.306 e. The molecular formula is C12H23BrO2. The van der Waals surface area contributed by atoms with E-state index >= 15 is 0 Å². The molecule has 0 aromatic carbocycles. The van der Waals surface area contributed by atoms with E-state index in [4.69, 9.17) is 4.74 Å². The Balaban J connectivity index is 3.76. The van der Waals surface area contributed by atoms with Gasteiger partial charge in [-0.15, -0.1) is 0 Å². The number of halogens is 1. The van der Waals surface area contributed by atoms with Crippen LogP contribution in [0.15, 0.2) is 0 Å². The lowest BCUT2D eigenvalue weighted by Gasteiger charge is -2.16. The van der Waals surface area contributed by atoms with E-state index in [1.54, 1.807) is 0 Å². The van der Waals surface area contributed by atoms with Crippen molar-refractivity contribution >= 4 is 21.9 Å². The molecule has 0 aliphatic rings. The molecule has 0 spiro atoms. The molecule has 2 nitrogen and oxygen atoms in total. The van der Waals surface area contributed by atoms with Gasteiger partial charge in [-0.3, -0.25) is 4.79 Å². The van der Waals surface area contributed by atoms with Gasteiger partial charge in [0.15, 0.2) is 0 Å². The van der Waals surface area contributed by atoms with Crippen LogP contribution in [0.1, 0.15) is 58.8 Å². The van der Waals surface area contributed by atoms with Gasteiger partial charge >= 0.3 is 5.97 Å². The predicted molar refractivity (Wildman–Crippen MR) is 67.3 cm³/mol. The second-order valence-corrected chi connectivity index (χ2v) is 4.63. The number of rotatable bonds is 9. The van der Waals surface area contributed by atoms with E-state index < -0.39 is 0 Å². The lowest BCUT2D eigenvalue weighted by atomic mass is 10.1. The first-order valence-corrected chi connectivity index (χ1v) is 7.12. The normalized spacial score (nSPS) is 12.5. The standard InChI is InChI=1S/C12H23BrO2/c1-3-5-8-11(7-4-2)15-12(14)9-6-10-13/h11H,3-10H2,1-2H3. The van der Waals surface area contributed by atoms with Gasteiger partial charge in [-0.05, 0) is 19.3 Å². The summed E-state index contributed by atoms with van der Waals surface area (Å²) >= 11 is 3.31. The number of carbonyl (C=O) groups excluding carboxylic acids is 1. The Morgan fingerprint density at radius 1 is 1.20 bits per heavy atom. The Morgan fingerprint density at radius 3 is 2.47 bits per heavy atom. The van der Waals surface area contributed by atoms with E-state index in [2.05, 4.69) is 29.8 Å². The van der Waals surface area contributed by atoms with E-state index in [0.29, 0.717) is 6.42 Å². The highest BCUT2D eigenvalue weighted by Crippen LogP contribution is 2.12. The third kappa shape index (κ3) is 8.91. The minimum absolute atomic E-state index is 0.0380. The van der Waals surface area contributed by atoms with Gasteiger partial charge in [0.25, 0.3) is 0 Å². The fourth-order valence-corrected chi connectivity index (χ4v) is 1.75. The van der Waals surface area contributed by atoms with Crippen molar-refractivity contribution in [3.8, 4) is 0 Å². The molecule has 0 rings (SSSR count). The lowest BCUT2D eigenvalue weighted by molar-refractivity contribution is -0.149. The lowest BCUT2D eigenvalue weighted by Crippen LogP contribution is -2.18. The molecule has 0 aliphatic carbocycles. The molecule has 0 aromatic rings. The van der Waals surface area contributed by atoms with Crippen molar-refractivity contribution in [3.05, 3.63) is 0 Å². The molecule has 1 unspecified atom stereocenters. The smallest absolute Gasteiger partial charge is 0.306 e. The van der Waals surface area contributed by atoms with Crippen LogP contribution in [0.2, 0.25) is 0 Å². The van der Waals surface area contributed by atoms with Gasteiger partial charge in [-0.25, -0.2) is 0 Å². The molecule has 0 amide bonds. The van der Waals surface area contributed by atoms with Gasteiger partial charge in [0.05, 0.1) is 0 Å². The Morgan fingerprint density at radius 2 is 1.93 bits per heavy atom. The van der Waals surface area contributed by atoms with E-state index in [0.717, 1.165) is 37.4 Å². The summed E-state index contributed by atoms with van der Waals surface area (Å²) in [6.07, 6.45) is 6.97. The molecule has 0 fully saturated rings. The summed E-state index contributed by atoms with van der Waals surface area (Å²) < 4.78 is 5.44. The van der Waals surface area contributed by atoms with Crippen molar-refractivity contribution in [1.29, 1.82) is 0 Å². The minimum Gasteiger partial charge on any atom is -0.462 e. The van der Waals surface area contributed by atoms with Gasteiger partial charge in [-0.2, -0.15) is 0 Å². The second-order valence-electron chi connectivity index (χ2n) is 3.84. The Kier molecular flexibility index (Phi) is 10.4. The molecule has 0 heterocycles. The number of carbonyl (C=O) groups is 1. The van der Waals surface area contributed by atoms with E-state index in [9.17, 15) is 4.79 Å². The zero-order valence-corrected chi connectivity index (χ0v) is 11.5. The monoisotopic (exact) mass is 278 g/mol. The van der Waals surface area contributed by atoms with Crippen molar-refractivity contribution in [2.45, 2.75) is 64.9 Å². The maximum atomic E-state index is 11.4. The zero-order chi connectivity index (χ0) is 11.5. The number of ether oxygens (including phenoxy) is 1. The quantitative estimate of drug-likeness (QED) is 0.470. The fourth-order valence-electron chi connectivity index (χ4n) is 1.47. The van der Waals surface area contributed by atoms with E-state index in [1.165, 1.54) is 6.42 Å². The van der Waals surface area contributed by atoms with Gasteiger partial charge < -0.3 is 4.74 Å². The number of esters is 1. The largest absolute Gasteiger partial charge is 0.462 e. The van der Waals surface area contributed by atoms with Gasteiger partial charge in [0.2, 0.25) is 0 Å². The summed E-state index contributed by atoms with van der Waals surface area (Å²) in [6, 6.07) is 0. The predicted octanol–water partition coefficient (Wildman–Crippen LogP) is 4.06. The molecule has 15 heavy (non-hydrogen) atoms. The minimum atomic E-state index is -0.0380. The van der Waals surface area contributed by atoms with Crippen LogP contribution in [0.4, 0.5) is 0 Å². The topological polar surface area (TPSA) is 26.3 Å². The molecule has 90 valence electrons. The van der Waals surface area contributed by atoms with E-state index in [1.807, 2.05) is 0 Å². The molecule has 0 aliphatic heterocycles. The van der Waals surface area contributed by atoms with Gasteiger partial charge in [-0.1, -0.05) is 49.0 Å². The third-order valence-electron chi connectivity index (χ3n) is 2.30. The van der Waals surface area contributed by atoms with Gasteiger partial charge in [0, 0.05) is 11.8 Å². The molecule has 0 aromatic heterocycles. The first kappa shape index (κ1) is 14.9. The first-order chi connectivity index (χ1) is 7.24. The molecule has 0 saturated carbocycles. The third-order valence-corrected chi connectivity index (χ3v) is 2.86. The average Bonchev–Trinajstić information content (AvgIpc) is 2.23. The molecule has 0 saturated heterocycles. The Labute approximate surface area is 102 Å². The van der Waals surface area contributed by atoms with Crippen LogP contribution < -0.4 is 0 Å². The molecule has 0 radical (unpaired) electrons. The SMILES string of the molecule is CCCCC(CCC)OC(=O)CCCBr. The maximum absolute atomic E-state index is 11.4. The molecule has 1 atom stereocenters. The van der Waals surface area contributed by atoms with Crippen LogP contribution in [-0.4, -0.2) is 17.4 Å². The number of alkyl halides is 1. The summed E-state index contributed by atoms with van der Waals surface area (Å²) in [5, 5.41) is 0.871. The van der Waals surface area contributed by atoms with Crippen LogP contribution in [-0.2, 0) is 9.53 Å². The second kappa shape index (κ2) is 10.5. The molecule has 0 N–H and O–H groups in total. The number of unbranched alkanes of at least 4 members (excludes halogenated alkanes) is 1. The summed E-state index contributed by atoms with van der Waals surface area (Å²) in [6.45, 7) is 4.29. The number of hydrogen-bond donors (Lipinski definition) is 0. The van der Waals surface area contributed by atoms with Crippen molar-refractivity contribution in [2.75, 3.05) is 5.33 Å². The summed E-state index contributed by atoms with van der Waals surface area (Å²) in [7, 11) is 0. The van der Waals surface area contributed by atoms with Crippen molar-refractivity contribution < 1.29 is 9.53 Å². The summed E-state index contributed by atoms with van der Waals surface area (Å²) in [5.74, 6) is -0.0380. The zero-order valence-electron chi connectivity index (χ0n) is 9.93. The van der Waals surface area contributed by atoms with Crippen LogP contribution in [0.3, 0.4) is 0 Å².